The molecule has 0 fully saturated rings. The number of nitrogens with zero attached hydrogens (tertiary/aromatic N) is 1. The molecule has 126 valence electrons. The monoisotopic (exact) mass is 321 g/mol. The molecule has 0 aromatic carbocycles. The van der Waals surface area contributed by atoms with Crippen molar-refractivity contribution in [2.45, 2.75) is 90.8 Å². The van der Waals surface area contributed by atoms with E-state index < -0.39 is 8.32 Å². The van der Waals surface area contributed by atoms with Crippen molar-refractivity contribution in [3.05, 3.63) is 11.1 Å². The third kappa shape index (κ3) is 3.84. The van der Waals surface area contributed by atoms with Crippen LogP contribution in [-0.4, -0.2) is 14.9 Å². The average Bonchev–Trinajstić information content (AvgIpc) is 2.90. The summed E-state index contributed by atoms with van der Waals surface area (Å²) < 4.78 is 6.77. The summed E-state index contributed by atoms with van der Waals surface area (Å²) in [6, 6.07) is 2.43. The Hall–Kier alpha value is -0.593. The van der Waals surface area contributed by atoms with Crippen molar-refractivity contribution >= 4 is 8.32 Å². The smallest absolute Gasteiger partial charge is 0.200 e. The summed E-state index contributed by atoms with van der Waals surface area (Å²) in [5.41, 5.74) is 4.31. The van der Waals surface area contributed by atoms with E-state index in [0.717, 1.165) is 37.9 Å². The zero-order chi connectivity index (χ0) is 16.9. The fourth-order valence-electron chi connectivity index (χ4n) is 4.56. The first kappa shape index (κ1) is 19.5. The molecule has 0 aromatic heterocycles. The summed E-state index contributed by atoms with van der Waals surface area (Å²) in [6.07, 6.45) is 4.31. The van der Waals surface area contributed by atoms with E-state index in [0.29, 0.717) is 22.5 Å². The quantitative estimate of drug-likeness (QED) is 0.498. The van der Waals surface area contributed by atoms with E-state index in [1.54, 1.807) is 0 Å². The Kier molecular flexibility index (Phi) is 7.35. The van der Waals surface area contributed by atoms with Crippen LogP contribution in [0.2, 0.25) is 16.6 Å². The minimum atomic E-state index is -1.80. The molecule has 0 spiro atoms. The molecule has 2 nitrogen and oxygen atoms in total. The van der Waals surface area contributed by atoms with Gasteiger partial charge in [-0.1, -0.05) is 54.0 Å². The van der Waals surface area contributed by atoms with Crippen LogP contribution in [0.1, 0.15) is 74.1 Å². The van der Waals surface area contributed by atoms with E-state index in [1.807, 2.05) is 0 Å². The Morgan fingerprint density at radius 2 is 1.59 bits per heavy atom. The molecule has 0 amide bonds. The zero-order valence-corrected chi connectivity index (χ0v) is 16.7. The molecule has 0 aromatic rings. The van der Waals surface area contributed by atoms with Gasteiger partial charge in [0.1, 0.15) is 0 Å². The van der Waals surface area contributed by atoms with Crippen LogP contribution >= 0.6 is 0 Å². The Bertz CT molecular complexity index is 409. The number of rotatable bonds is 8. The summed E-state index contributed by atoms with van der Waals surface area (Å²) in [4.78, 5) is 0. The Balaban J connectivity index is 2.94. The van der Waals surface area contributed by atoms with Crippen molar-refractivity contribution < 1.29 is 4.43 Å². The second kappa shape index (κ2) is 8.31. The van der Waals surface area contributed by atoms with Gasteiger partial charge in [-0.3, -0.25) is 0 Å². The van der Waals surface area contributed by atoms with Crippen molar-refractivity contribution in [3.63, 3.8) is 0 Å². The summed E-state index contributed by atoms with van der Waals surface area (Å²) in [5, 5.41) is 9.33. The third-order valence-electron chi connectivity index (χ3n) is 5.62. The van der Waals surface area contributed by atoms with Gasteiger partial charge >= 0.3 is 0 Å². The summed E-state index contributed by atoms with van der Waals surface area (Å²) in [6.45, 7) is 17.1. The SMILES string of the molecule is CC[C@@H](CO[Si](C(C)C)(C(C)C)C(C)C)C1=C(C#N)CCC1. The number of hydrogen-bond acceptors (Lipinski definition) is 2. The van der Waals surface area contributed by atoms with E-state index >= 15 is 0 Å². The summed E-state index contributed by atoms with van der Waals surface area (Å²) in [5.74, 6) is 0.445. The fourth-order valence-corrected chi connectivity index (χ4v) is 10.0. The Morgan fingerprint density at radius 3 is 2.00 bits per heavy atom. The molecule has 1 aliphatic carbocycles. The van der Waals surface area contributed by atoms with Gasteiger partial charge in [-0.25, -0.2) is 0 Å². The van der Waals surface area contributed by atoms with E-state index in [-0.39, 0.29) is 0 Å². The molecule has 0 heterocycles. The first-order chi connectivity index (χ1) is 10.3. The Morgan fingerprint density at radius 1 is 1.05 bits per heavy atom. The second-order valence-electron chi connectivity index (χ2n) is 7.70. The van der Waals surface area contributed by atoms with Crippen LogP contribution in [-0.2, 0) is 4.43 Å². The minimum absolute atomic E-state index is 0.445. The van der Waals surface area contributed by atoms with Gasteiger partial charge in [0.05, 0.1) is 6.07 Å². The molecule has 0 saturated heterocycles. The first-order valence-electron chi connectivity index (χ1n) is 9.07. The Labute approximate surface area is 139 Å². The van der Waals surface area contributed by atoms with Crippen LogP contribution in [0.15, 0.2) is 11.1 Å². The molecule has 3 heteroatoms. The third-order valence-corrected chi connectivity index (χ3v) is 11.7. The highest BCUT2D eigenvalue weighted by molar-refractivity contribution is 6.77. The predicted molar refractivity (Wildman–Crippen MR) is 97.3 cm³/mol. The lowest BCUT2D eigenvalue weighted by Gasteiger charge is -2.43. The summed E-state index contributed by atoms with van der Waals surface area (Å²) >= 11 is 0. The van der Waals surface area contributed by atoms with E-state index in [1.165, 1.54) is 5.57 Å². The lowest BCUT2D eigenvalue weighted by atomic mass is 9.94. The summed E-state index contributed by atoms with van der Waals surface area (Å²) in [7, 11) is -1.80. The van der Waals surface area contributed by atoms with Crippen molar-refractivity contribution in [3.8, 4) is 6.07 Å². The lowest BCUT2D eigenvalue weighted by Crippen LogP contribution is -2.48. The van der Waals surface area contributed by atoms with Crippen LogP contribution in [0.25, 0.3) is 0 Å². The number of nitriles is 1. The largest absolute Gasteiger partial charge is 0.415 e. The van der Waals surface area contributed by atoms with Crippen molar-refractivity contribution in [1.29, 1.82) is 5.26 Å². The molecular weight excluding hydrogens is 286 g/mol. The van der Waals surface area contributed by atoms with Crippen molar-refractivity contribution in [2.24, 2.45) is 5.92 Å². The van der Waals surface area contributed by atoms with Crippen LogP contribution in [0.3, 0.4) is 0 Å². The van der Waals surface area contributed by atoms with Crippen molar-refractivity contribution in [1.82, 2.24) is 0 Å². The second-order valence-corrected chi connectivity index (χ2v) is 13.2. The van der Waals surface area contributed by atoms with E-state index in [4.69, 9.17) is 4.43 Å². The predicted octanol–water partition coefficient (Wildman–Crippen LogP) is 6.21. The molecule has 1 aliphatic rings. The molecule has 0 radical (unpaired) electrons. The standard InChI is InChI=1S/C19H35NOSi/c1-8-17(19-11-9-10-18(19)12-20)13-21-22(14(2)3,15(4)5)16(6)7/h14-17H,8-11,13H2,1-7H3/t17-/m0/s1. The average molecular weight is 322 g/mol. The zero-order valence-electron chi connectivity index (χ0n) is 15.7. The van der Waals surface area contributed by atoms with Crippen LogP contribution < -0.4 is 0 Å². The van der Waals surface area contributed by atoms with Crippen molar-refractivity contribution in [2.75, 3.05) is 6.61 Å². The van der Waals surface area contributed by atoms with Gasteiger partial charge in [0.15, 0.2) is 8.32 Å². The van der Waals surface area contributed by atoms with E-state index in [9.17, 15) is 5.26 Å². The van der Waals surface area contributed by atoms with Gasteiger partial charge < -0.3 is 4.43 Å². The van der Waals surface area contributed by atoms with Crippen LogP contribution in [0, 0.1) is 17.2 Å². The molecule has 1 rings (SSSR count). The highest BCUT2D eigenvalue weighted by Crippen LogP contribution is 2.43. The van der Waals surface area contributed by atoms with Gasteiger partial charge in [0, 0.05) is 18.1 Å². The maximum absolute atomic E-state index is 9.33. The van der Waals surface area contributed by atoms with Crippen LogP contribution in [0.5, 0.6) is 0 Å². The fraction of sp³-hybridized carbons (Fsp3) is 0.842. The van der Waals surface area contributed by atoms with E-state index in [2.05, 4.69) is 54.5 Å². The molecule has 0 N–H and O–H groups in total. The van der Waals surface area contributed by atoms with Gasteiger partial charge in [0.25, 0.3) is 0 Å². The molecule has 0 bridgehead atoms. The normalized spacial score (nSPS) is 17.7. The molecule has 22 heavy (non-hydrogen) atoms. The van der Waals surface area contributed by atoms with Crippen LogP contribution in [0.4, 0.5) is 0 Å². The maximum atomic E-state index is 9.33. The van der Waals surface area contributed by atoms with Gasteiger partial charge in [-0.15, -0.1) is 0 Å². The molecule has 0 unspecified atom stereocenters. The molecule has 1 atom stereocenters. The number of hydrogen-bond donors (Lipinski definition) is 0. The molecule has 0 saturated carbocycles. The highest BCUT2D eigenvalue weighted by atomic mass is 28.4. The lowest BCUT2D eigenvalue weighted by molar-refractivity contribution is 0.232. The van der Waals surface area contributed by atoms with Gasteiger partial charge in [-0.05, 0) is 42.3 Å². The number of allylic oxidation sites excluding steroid dienone is 1. The highest BCUT2D eigenvalue weighted by Gasteiger charge is 2.45. The minimum Gasteiger partial charge on any atom is -0.415 e. The molecular formula is C19H35NOSi. The topological polar surface area (TPSA) is 33.0 Å². The maximum Gasteiger partial charge on any atom is 0.200 e. The first-order valence-corrected chi connectivity index (χ1v) is 11.2. The van der Waals surface area contributed by atoms with Gasteiger partial charge in [-0.2, -0.15) is 5.26 Å². The van der Waals surface area contributed by atoms with Gasteiger partial charge in [0.2, 0.25) is 0 Å². The molecule has 0 aliphatic heterocycles.